The second kappa shape index (κ2) is 10.2. The standard InChI is InChI=1S/C35H29Cl2N3O2/c1-40-20-25(19-22-11-15-26(36)16-12-22)32(41)34(21-40)30(23-13-17-27(37)18-14-23)31(24-7-3-2-4-8-24)39-35(34)28-9-5-6-10-29(28)38-33(35)42/h2-19,30-31,39H,20-21H2,1H3,(H,38,42)/b25-19+/t30-,31-,34-,35-/m1/s1. The quantitative estimate of drug-likeness (QED) is 0.255. The van der Waals surface area contributed by atoms with Crippen LogP contribution < -0.4 is 10.6 Å². The number of Topliss-reactive ketones (excluding diaryl/α,β-unsaturated/α-hetero) is 1. The van der Waals surface area contributed by atoms with Gasteiger partial charge in [0.15, 0.2) is 5.78 Å². The number of rotatable bonds is 3. The zero-order valence-electron chi connectivity index (χ0n) is 23.0. The number of piperidine rings is 1. The maximum Gasteiger partial charge on any atom is 0.250 e. The molecule has 0 aliphatic carbocycles. The summed E-state index contributed by atoms with van der Waals surface area (Å²) in [5.41, 5.74) is 2.50. The van der Waals surface area contributed by atoms with Gasteiger partial charge < -0.3 is 10.2 Å². The van der Waals surface area contributed by atoms with E-state index in [4.69, 9.17) is 23.2 Å². The summed E-state index contributed by atoms with van der Waals surface area (Å²) in [5, 5.41) is 8.20. The van der Waals surface area contributed by atoms with Crippen LogP contribution in [-0.4, -0.2) is 36.7 Å². The minimum Gasteiger partial charge on any atom is -0.324 e. The molecule has 2 N–H and O–H groups in total. The SMILES string of the molecule is CN1C/C(=C\c2ccc(Cl)cc2)C(=O)[C@@]2(C1)[C@H](c1ccc(Cl)cc1)[C@@H](c1ccccc1)N[C@]21C(=O)Nc2ccccc21. The number of nitrogens with one attached hydrogen (secondary N) is 2. The number of para-hydroxylation sites is 1. The zero-order valence-corrected chi connectivity index (χ0v) is 24.5. The highest BCUT2D eigenvalue weighted by Crippen LogP contribution is 2.65. The normalized spacial score (nSPS) is 28.0. The first-order valence-corrected chi connectivity index (χ1v) is 14.8. The molecule has 4 aromatic rings. The van der Waals surface area contributed by atoms with E-state index in [9.17, 15) is 4.79 Å². The zero-order chi connectivity index (χ0) is 29.1. The fourth-order valence-corrected chi connectivity index (χ4v) is 7.74. The van der Waals surface area contributed by atoms with Gasteiger partial charge in [0.1, 0.15) is 5.54 Å². The second-order valence-corrected chi connectivity index (χ2v) is 12.4. The van der Waals surface area contributed by atoms with Crippen molar-refractivity contribution in [3.63, 3.8) is 0 Å². The first-order valence-electron chi connectivity index (χ1n) is 14.0. The third-order valence-corrected chi connectivity index (χ3v) is 9.58. The number of likely N-dealkylation sites (tertiary alicyclic amines) is 1. The van der Waals surface area contributed by atoms with Crippen molar-refractivity contribution in [2.75, 3.05) is 25.5 Å². The minimum absolute atomic E-state index is 0.0340. The minimum atomic E-state index is -1.32. The van der Waals surface area contributed by atoms with Crippen molar-refractivity contribution >= 4 is 46.7 Å². The molecule has 7 rings (SSSR count). The summed E-state index contributed by atoms with van der Waals surface area (Å²) in [6, 6.07) is 32.7. The molecule has 4 aromatic carbocycles. The molecule has 3 aliphatic rings. The average Bonchev–Trinajstić information content (AvgIpc) is 3.46. The summed E-state index contributed by atoms with van der Waals surface area (Å²) in [6.45, 7) is 0.848. The monoisotopic (exact) mass is 593 g/mol. The topological polar surface area (TPSA) is 61.4 Å². The van der Waals surface area contributed by atoms with Gasteiger partial charge in [0, 0.05) is 51.9 Å². The summed E-state index contributed by atoms with van der Waals surface area (Å²) in [6.07, 6.45) is 1.94. The van der Waals surface area contributed by atoms with E-state index in [1.165, 1.54) is 0 Å². The molecule has 3 aliphatic heterocycles. The van der Waals surface area contributed by atoms with Gasteiger partial charge in [0.2, 0.25) is 0 Å². The Hall–Kier alpha value is -3.74. The molecule has 3 heterocycles. The van der Waals surface area contributed by atoms with Gasteiger partial charge in [-0.1, -0.05) is 96.0 Å². The number of carbonyl (C=O) groups excluding carboxylic acids is 2. The number of hydrogen-bond acceptors (Lipinski definition) is 4. The Labute approximate surface area is 255 Å². The Morgan fingerprint density at radius 1 is 0.810 bits per heavy atom. The lowest BCUT2D eigenvalue weighted by atomic mass is 9.55. The molecule has 0 saturated carbocycles. The summed E-state index contributed by atoms with van der Waals surface area (Å²) in [7, 11) is 2.02. The van der Waals surface area contributed by atoms with Gasteiger partial charge in [0.25, 0.3) is 5.91 Å². The highest BCUT2D eigenvalue weighted by atomic mass is 35.5. The van der Waals surface area contributed by atoms with Crippen molar-refractivity contribution in [3.05, 3.63) is 141 Å². The Morgan fingerprint density at radius 2 is 1.45 bits per heavy atom. The second-order valence-electron chi connectivity index (χ2n) is 11.5. The number of halogens is 2. The van der Waals surface area contributed by atoms with Gasteiger partial charge in [-0.15, -0.1) is 0 Å². The Kier molecular flexibility index (Phi) is 6.59. The molecule has 2 saturated heterocycles. The van der Waals surface area contributed by atoms with Crippen LogP contribution in [0.25, 0.3) is 6.08 Å². The number of amides is 1. The number of fused-ring (bicyclic) bond motifs is 3. The fourth-order valence-electron chi connectivity index (χ4n) is 7.49. The average molecular weight is 595 g/mol. The first kappa shape index (κ1) is 27.1. The first-order chi connectivity index (χ1) is 20.3. The van der Waals surface area contributed by atoms with Crippen molar-refractivity contribution in [1.82, 2.24) is 10.2 Å². The number of benzene rings is 4. The molecule has 4 atom stereocenters. The third kappa shape index (κ3) is 3.99. The van der Waals surface area contributed by atoms with Gasteiger partial charge in [-0.25, -0.2) is 0 Å². The van der Waals surface area contributed by atoms with Gasteiger partial charge in [-0.2, -0.15) is 0 Å². The van der Waals surface area contributed by atoms with Crippen molar-refractivity contribution in [2.45, 2.75) is 17.5 Å². The number of ketones is 1. The molecule has 0 radical (unpaired) electrons. The smallest absolute Gasteiger partial charge is 0.250 e. The van der Waals surface area contributed by atoms with E-state index >= 15 is 4.79 Å². The van der Waals surface area contributed by atoms with E-state index in [1.54, 1.807) is 0 Å². The molecule has 7 heteroatoms. The van der Waals surface area contributed by atoms with E-state index < -0.39 is 16.9 Å². The fraction of sp³-hybridized carbons (Fsp3) is 0.200. The number of likely N-dealkylation sites (N-methyl/N-ethyl adjacent to an activating group) is 1. The Morgan fingerprint density at radius 3 is 2.17 bits per heavy atom. The van der Waals surface area contributed by atoms with Crippen molar-refractivity contribution < 1.29 is 9.59 Å². The predicted octanol–water partition coefficient (Wildman–Crippen LogP) is 6.85. The van der Waals surface area contributed by atoms with Crippen LogP contribution in [0.1, 0.15) is 34.2 Å². The number of nitrogens with zero attached hydrogens (tertiary/aromatic N) is 1. The molecule has 2 spiro atoms. The van der Waals surface area contributed by atoms with Crippen LogP contribution in [0.2, 0.25) is 10.0 Å². The van der Waals surface area contributed by atoms with Gasteiger partial charge >= 0.3 is 0 Å². The number of hydrogen-bond donors (Lipinski definition) is 2. The van der Waals surface area contributed by atoms with E-state index in [-0.39, 0.29) is 17.7 Å². The van der Waals surface area contributed by atoms with Gasteiger partial charge in [0.05, 0.1) is 5.41 Å². The Bertz CT molecular complexity index is 1720. The molecule has 210 valence electrons. The molecular weight excluding hydrogens is 565 g/mol. The van der Waals surface area contributed by atoms with Crippen LogP contribution in [0.5, 0.6) is 0 Å². The third-order valence-electron chi connectivity index (χ3n) is 9.08. The van der Waals surface area contributed by atoms with E-state index in [2.05, 4.69) is 27.7 Å². The number of anilines is 1. The van der Waals surface area contributed by atoms with Crippen LogP contribution in [0, 0.1) is 5.41 Å². The Balaban J connectivity index is 1.53. The van der Waals surface area contributed by atoms with Gasteiger partial charge in [-0.05, 0) is 60.1 Å². The lowest BCUT2D eigenvalue weighted by Gasteiger charge is -2.49. The van der Waals surface area contributed by atoms with E-state index in [0.29, 0.717) is 28.7 Å². The molecule has 1 amide bonds. The van der Waals surface area contributed by atoms with E-state index in [0.717, 1.165) is 27.9 Å². The van der Waals surface area contributed by atoms with Crippen LogP contribution >= 0.6 is 23.2 Å². The summed E-state index contributed by atoms with van der Waals surface area (Å²) in [4.78, 5) is 32.0. The molecule has 2 fully saturated rings. The lowest BCUT2D eigenvalue weighted by molar-refractivity contribution is -0.141. The van der Waals surface area contributed by atoms with Crippen molar-refractivity contribution in [1.29, 1.82) is 0 Å². The summed E-state index contributed by atoms with van der Waals surface area (Å²) < 4.78 is 0. The summed E-state index contributed by atoms with van der Waals surface area (Å²) >= 11 is 12.5. The van der Waals surface area contributed by atoms with E-state index in [1.807, 2.05) is 104 Å². The predicted molar refractivity (Wildman–Crippen MR) is 168 cm³/mol. The van der Waals surface area contributed by atoms with Crippen LogP contribution in [0.4, 0.5) is 5.69 Å². The highest BCUT2D eigenvalue weighted by Gasteiger charge is 2.74. The van der Waals surface area contributed by atoms with Crippen LogP contribution in [-0.2, 0) is 15.1 Å². The maximum absolute atomic E-state index is 15.3. The van der Waals surface area contributed by atoms with Crippen molar-refractivity contribution in [3.8, 4) is 0 Å². The molecule has 0 aromatic heterocycles. The maximum atomic E-state index is 15.3. The van der Waals surface area contributed by atoms with Crippen LogP contribution in [0.15, 0.2) is 109 Å². The van der Waals surface area contributed by atoms with Gasteiger partial charge in [-0.3, -0.25) is 14.9 Å². The molecule has 0 bridgehead atoms. The largest absolute Gasteiger partial charge is 0.324 e. The summed E-state index contributed by atoms with van der Waals surface area (Å²) in [5.74, 6) is -0.637. The molecule has 5 nitrogen and oxygen atoms in total. The van der Waals surface area contributed by atoms with Crippen molar-refractivity contribution in [2.24, 2.45) is 5.41 Å². The number of carbonyl (C=O) groups is 2. The van der Waals surface area contributed by atoms with Crippen LogP contribution in [0.3, 0.4) is 0 Å². The molecule has 42 heavy (non-hydrogen) atoms. The lowest BCUT2D eigenvalue weighted by Crippen LogP contribution is -2.65. The molecular formula is C35H29Cl2N3O2. The molecule has 0 unspecified atom stereocenters. The highest BCUT2D eigenvalue weighted by molar-refractivity contribution is 6.30.